The number of alkyl carbamates (subject to hydrolysis) is 1. The summed E-state index contributed by atoms with van der Waals surface area (Å²) in [4.78, 5) is 14.2. The van der Waals surface area contributed by atoms with Crippen LogP contribution >= 0.6 is 0 Å². The summed E-state index contributed by atoms with van der Waals surface area (Å²) in [6.07, 6.45) is 5.47. The second-order valence-corrected chi connectivity index (χ2v) is 6.74. The van der Waals surface area contributed by atoms with E-state index in [9.17, 15) is 4.79 Å². The van der Waals surface area contributed by atoms with Crippen molar-refractivity contribution >= 4 is 6.09 Å². The molecule has 0 unspecified atom stereocenters. The lowest BCUT2D eigenvalue weighted by molar-refractivity contribution is 0.0505. The Bertz CT molecular complexity index is 532. The molecule has 0 aliphatic rings. The maximum atomic E-state index is 12.0. The van der Waals surface area contributed by atoms with Crippen LogP contribution in [-0.4, -0.2) is 35.7 Å². The zero-order valence-electron chi connectivity index (χ0n) is 15.3. The third-order valence-corrected chi connectivity index (χ3v) is 3.29. The van der Waals surface area contributed by atoms with Crippen molar-refractivity contribution in [3.05, 3.63) is 60.7 Å². The number of allylic oxidation sites excluding steroid dienone is 1. The van der Waals surface area contributed by atoms with E-state index in [0.29, 0.717) is 6.54 Å². The van der Waals surface area contributed by atoms with Crippen LogP contribution in [0.15, 0.2) is 55.1 Å². The van der Waals surface area contributed by atoms with E-state index in [-0.39, 0.29) is 6.04 Å². The van der Waals surface area contributed by atoms with Crippen molar-refractivity contribution in [3.8, 4) is 0 Å². The number of nitrogens with zero attached hydrogens (tertiary/aromatic N) is 1. The highest BCUT2D eigenvalue weighted by Crippen LogP contribution is 2.09. The van der Waals surface area contributed by atoms with Gasteiger partial charge in [0.05, 0.1) is 6.04 Å². The van der Waals surface area contributed by atoms with Gasteiger partial charge in [0.15, 0.2) is 0 Å². The van der Waals surface area contributed by atoms with Gasteiger partial charge in [-0.15, -0.1) is 6.58 Å². The Balaban J connectivity index is 2.68. The molecule has 0 spiro atoms. The molecule has 1 rings (SSSR count). The average molecular weight is 330 g/mol. The molecular weight excluding hydrogens is 300 g/mol. The van der Waals surface area contributed by atoms with Gasteiger partial charge in [0.1, 0.15) is 5.60 Å². The number of benzene rings is 1. The van der Waals surface area contributed by atoms with E-state index >= 15 is 0 Å². The fourth-order valence-corrected chi connectivity index (χ4v) is 2.22. The van der Waals surface area contributed by atoms with E-state index in [1.807, 2.05) is 52.0 Å². The Morgan fingerprint density at radius 1 is 1.33 bits per heavy atom. The number of rotatable bonds is 8. The molecule has 24 heavy (non-hydrogen) atoms. The fraction of sp³-hybridized carbons (Fsp3) is 0.450. The van der Waals surface area contributed by atoms with Crippen LogP contribution in [0.5, 0.6) is 0 Å². The molecular formula is C20H30N2O2. The molecule has 0 aliphatic carbocycles. The molecule has 1 aromatic carbocycles. The first-order valence-corrected chi connectivity index (χ1v) is 8.33. The van der Waals surface area contributed by atoms with Crippen LogP contribution in [0.1, 0.15) is 33.3 Å². The monoisotopic (exact) mass is 330 g/mol. The third-order valence-electron chi connectivity index (χ3n) is 3.29. The van der Waals surface area contributed by atoms with E-state index in [1.165, 1.54) is 5.56 Å². The molecule has 0 radical (unpaired) electrons. The molecule has 4 heteroatoms. The molecule has 0 aromatic heterocycles. The second-order valence-electron chi connectivity index (χ2n) is 6.74. The van der Waals surface area contributed by atoms with Gasteiger partial charge in [-0.2, -0.15) is 0 Å². The van der Waals surface area contributed by atoms with Crippen molar-refractivity contribution in [2.24, 2.45) is 0 Å². The third kappa shape index (κ3) is 8.53. The number of ether oxygens (including phenoxy) is 1. The SMILES string of the molecule is C=C[C@@H](CN(CC=CC)Cc1ccccc1)NC(=O)OC(C)(C)C. The van der Waals surface area contributed by atoms with Gasteiger partial charge < -0.3 is 10.1 Å². The van der Waals surface area contributed by atoms with Gasteiger partial charge in [0, 0.05) is 19.6 Å². The van der Waals surface area contributed by atoms with Gasteiger partial charge in [0.2, 0.25) is 0 Å². The molecule has 4 nitrogen and oxygen atoms in total. The predicted molar refractivity (Wildman–Crippen MR) is 99.9 cm³/mol. The first-order valence-electron chi connectivity index (χ1n) is 8.33. The highest BCUT2D eigenvalue weighted by atomic mass is 16.6. The summed E-state index contributed by atoms with van der Waals surface area (Å²) >= 11 is 0. The smallest absolute Gasteiger partial charge is 0.408 e. The summed E-state index contributed by atoms with van der Waals surface area (Å²) < 4.78 is 5.32. The van der Waals surface area contributed by atoms with Gasteiger partial charge in [-0.3, -0.25) is 4.90 Å². The van der Waals surface area contributed by atoms with Crippen molar-refractivity contribution < 1.29 is 9.53 Å². The summed E-state index contributed by atoms with van der Waals surface area (Å²) in [6.45, 7) is 13.7. The van der Waals surface area contributed by atoms with Crippen LogP contribution in [0.4, 0.5) is 4.79 Å². The summed E-state index contributed by atoms with van der Waals surface area (Å²) in [7, 11) is 0. The maximum absolute atomic E-state index is 12.0. The molecule has 1 aromatic rings. The van der Waals surface area contributed by atoms with Crippen LogP contribution < -0.4 is 5.32 Å². The van der Waals surface area contributed by atoms with Crippen LogP contribution in [0.25, 0.3) is 0 Å². The average Bonchev–Trinajstić information content (AvgIpc) is 2.51. The van der Waals surface area contributed by atoms with Crippen LogP contribution in [0.3, 0.4) is 0 Å². The van der Waals surface area contributed by atoms with Crippen molar-refractivity contribution in [1.29, 1.82) is 0 Å². The van der Waals surface area contributed by atoms with Crippen molar-refractivity contribution in [2.75, 3.05) is 13.1 Å². The largest absolute Gasteiger partial charge is 0.444 e. The fourth-order valence-electron chi connectivity index (χ4n) is 2.22. The summed E-state index contributed by atoms with van der Waals surface area (Å²) in [5.41, 5.74) is 0.729. The zero-order chi connectivity index (χ0) is 18.0. The molecule has 1 N–H and O–H groups in total. The molecule has 0 aliphatic heterocycles. The van der Waals surface area contributed by atoms with E-state index in [0.717, 1.165) is 13.1 Å². The van der Waals surface area contributed by atoms with Gasteiger partial charge in [-0.05, 0) is 33.3 Å². The summed E-state index contributed by atoms with van der Waals surface area (Å²) in [5, 5.41) is 2.87. The van der Waals surface area contributed by atoms with Crippen molar-refractivity contribution in [3.63, 3.8) is 0 Å². The lowest BCUT2D eigenvalue weighted by Crippen LogP contribution is -2.44. The highest BCUT2D eigenvalue weighted by Gasteiger charge is 2.19. The van der Waals surface area contributed by atoms with Crippen molar-refractivity contribution in [1.82, 2.24) is 10.2 Å². The zero-order valence-corrected chi connectivity index (χ0v) is 15.3. The topological polar surface area (TPSA) is 41.6 Å². The van der Waals surface area contributed by atoms with Crippen molar-refractivity contribution in [2.45, 2.75) is 45.9 Å². The van der Waals surface area contributed by atoms with Crippen LogP contribution in [-0.2, 0) is 11.3 Å². The number of carbonyl (C=O) groups excluding carboxylic acids is 1. The molecule has 1 amide bonds. The number of hydrogen-bond donors (Lipinski definition) is 1. The number of hydrogen-bond acceptors (Lipinski definition) is 3. The molecule has 0 saturated heterocycles. The molecule has 1 atom stereocenters. The van der Waals surface area contributed by atoms with Crippen LogP contribution in [0, 0.1) is 0 Å². The Morgan fingerprint density at radius 3 is 2.54 bits per heavy atom. The minimum Gasteiger partial charge on any atom is -0.444 e. The van der Waals surface area contributed by atoms with Gasteiger partial charge in [0.25, 0.3) is 0 Å². The maximum Gasteiger partial charge on any atom is 0.408 e. The quantitative estimate of drug-likeness (QED) is 0.728. The first-order chi connectivity index (χ1) is 11.3. The minimum absolute atomic E-state index is 0.172. The van der Waals surface area contributed by atoms with Crippen LogP contribution in [0.2, 0.25) is 0 Å². The normalized spacial score (nSPS) is 13.0. The standard InChI is InChI=1S/C20H30N2O2/c1-6-8-14-22(15-17-12-10-9-11-13-17)16-18(7-2)21-19(23)24-20(3,4)5/h6-13,18H,2,14-16H2,1,3-5H3,(H,21,23)/t18-/m0/s1. The Hall–Kier alpha value is -2.07. The Labute approximate surface area is 146 Å². The molecule has 0 fully saturated rings. The van der Waals surface area contributed by atoms with E-state index in [4.69, 9.17) is 4.74 Å². The molecule has 132 valence electrons. The highest BCUT2D eigenvalue weighted by molar-refractivity contribution is 5.68. The number of nitrogens with one attached hydrogen (secondary N) is 1. The van der Waals surface area contributed by atoms with E-state index in [1.54, 1.807) is 6.08 Å². The predicted octanol–water partition coefficient (Wildman–Crippen LogP) is 4.14. The second kappa shape index (κ2) is 9.93. The lowest BCUT2D eigenvalue weighted by Gasteiger charge is -2.27. The van der Waals surface area contributed by atoms with Gasteiger partial charge in [-0.1, -0.05) is 48.6 Å². The lowest BCUT2D eigenvalue weighted by atomic mass is 10.2. The van der Waals surface area contributed by atoms with Gasteiger partial charge >= 0.3 is 6.09 Å². The Kier molecular flexibility index (Phi) is 8.27. The summed E-state index contributed by atoms with van der Waals surface area (Å²) in [6, 6.07) is 10.1. The van der Waals surface area contributed by atoms with E-state index < -0.39 is 11.7 Å². The Morgan fingerprint density at radius 2 is 2.00 bits per heavy atom. The first kappa shape index (κ1) is 20.0. The molecule has 0 saturated carbocycles. The number of amides is 1. The van der Waals surface area contributed by atoms with Gasteiger partial charge in [-0.25, -0.2) is 4.79 Å². The molecule has 0 bridgehead atoms. The van der Waals surface area contributed by atoms with E-state index in [2.05, 4.69) is 35.0 Å². The minimum atomic E-state index is -0.509. The summed E-state index contributed by atoms with van der Waals surface area (Å²) in [5.74, 6) is 0. The number of carbonyl (C=O) groups is 1. The molecule has 0 heterocycles.